The van der Waals surface area contributed by atoms with Crippen molar-refractivity contribution in [1.29, 1.82) is 0 Å². The Hall–Kier alpha value is -1.10. The third kappa shape index (κ3) is 6.08. The lowest BCUT2D eigenvalue weighted by atomic mass is 10.0. The summed E-state index contributed by atoms with van der Waals surface area (Å²) in [5, 5.41) is 0. The first-order chi connectivity index (χ1) is 11.0. The van der Waals surface area contributed by atoms with Crippen molar-refractivity contribution < 1.29 is 9.53 Å². The molecule has 1 aliphatic heterocycles. The molecule has 3 atom stereocenters. The van der Waals surface area contributed by atoms with Crippen LogP contribution < -0.4 is 5.73 Å². The van der Waals surface area contributed by atoms with E-state index >= 15 is 0 Å². The average molecular weight is 355 g/mol. The number of halogens is 1. The van der Waals surface area contributed by atoms with Crippen LogP contribution in [0.2, 0.25) is 0 Å². The molecule has 1 aromatic rings. The highest BCUT2D eigenvalue weighted by atomic mass is 35.5. The number of amides is 1. The van der Waals surface area contributed by atoms with E-state index in [1.807, 2.05) is 18.7 Å². The number of nitrogens with two attached hydrogens (primary N) is 1. The highest BCUT2D eigenvalue weighted by molar-refractivity contribution is 5.85. The first kappa shape index (κ1) is 20.9. The molecule has 2 N–H and O–H groups in total. The minimum Gasteiger partial charge on any atom is -0.376 e. The van der Waals surface area contributed by atoms with Gasteiger partial charge >= 0.3 is 0 Å². The van der Waals surface area contributed by atoms with Gasteiger partial charge in [0, 0.05) is 25.7 Å². The van der Waals surface area contributed by atoms with Crippen LogP contribution in [0.4, 0.5) is 0 Å². The van der Waals surface area contributed by atoms with Crippen LogP contribution in [0.15, 0.2) is 24.3 Å². The summed E-state index contributed by atoms with van der Waals surface area (Å²) in [6, 6.07) is 8.38. The standard InChI is InChI=1S/C19H30N2O2.ClH/c1-14-6-8-17(9-7-14)10-11-21(13-18-5-4-12-23-18)19(22)15(2)16(3)20;/h6-9,15-16,18H,4-5,10-13,20H2,1-3H3;1H. The number of hydrogen-bond acceptors (Lipinski definition) is 3. The fourth-order valence-electron chi connectivity index (χ4n) is 2.86. The van der Waals surface area contributed by atoms with Gasteiger partial charge in [0.2, 0.25) is 5.91 Å². The van der Waals surface area contributed by atoms with Gasteiger partial charge in [-0.2, -0.15) is 0 Å². The lowest BCUT2D eigenvalue weighted by Gasteiger charge is -2.29. The van der Waals surface area contributed by atoms with E-state index < -0.39 is 0 Å². The Balaban J connectivity index is 0.00000288. The minimum absolute atomic E-state index is 0. The van der Waals surface area contributed by atoms with Crippen LogP contribution in [0.5, 0.6) is 0 Å². The predicted molar refractivity (Wildman–Crippen MR) is 100 cm³/mol. The van der Waals surface area contributed by atoms with E-state index in [4.69, 9.17) is 10.5 Å². The maximum Gasteiger partial charge on any atom is 0.227 e. The van der Waals surface area contributed by atoms with Crippen molar-refractivity contribution in [2.45, 2.75) is 52.2 Å². The average Bonchev–Trinajstić information content (AvgIpc) is 3.04. The highest BCUT2D eigenvalue weighted by Gasteiger charge is 2.27. The topological polar surface area (TPSA) is 55.6 Å². The van der Waals surface area contributed by atoms with Gasteiger partial charge in [0.05, 0.1) is 12.0 Å². The van der Waals surface area contributed by atoms with E-state index in [9.17, 15) is 4.79 Å². The second-order valence-electron chi connectivity index (χ2n) is 6.80. The van der Waals surface area contributed by atoms with Crippen molar-refractivity contribution in [3.05, 3.63) is 35.4 Å². The summed E-state index contributed by atoms with van der Waals surface area (Å²) in [6.07, 6.45) is 3.18. The van der Waals surface area contributed by atoms with Gasteiger partial charge in [-0.25, -0.2) is 0 Å². The summed E-state index contributed by atoms with van der Waals surface area (Å²) >= 11 is 0. The molecule has 136 valence electrons. The van der Waals surface area contributed by atoms with E-state index in [2.05, 4.69) is 31.2 Å². The van der Waals surface area contributed by atoms with Crippen molar-refractivity contribution in [2.24, 2.45) is 11.7 Å². The van der Waals surface area contributed by atoms with Crippen molar-refractivity contribution in [1.82, 2.24) is 4.90 Å². The number of rotatable bonds is 7. The van der Waals surface area contributed by atoms with Crippen LogP contribution in [0.25, 0.3) is 0 Å². The summed E-state index contributed by atoms with van der Waals surface area (Å²) in [4.78, 5) is 14.7. The van der Waals surface area contributed by atoms with Gasteiger partial charge in [0.1, 0.15) is 0 Å². The molecule has 1 heterocycles. The van der Waals surface area contributed by atoms with Crippen LogP contribution in [-0.4, -0.2) is 42.6 Å². The number of ether oxygens (including phenoxy) is 1. The number of benzene rings is 1. The van der Waals surface area contributed by atoms with E-state index in [0.29, 0.717) is 6.54 Å². The zero-order valence-electron chi connectivity index (χ0n) is 15.0. The molecule has 5 heteroatoms. The zero-order chi connectivity index (χ0) is 16.8. The predicted octanol–water partition coefficient (Wildman–Crippen LogP) is 2.95. The van der Waals surface area contributed by atoms with E-state index in [1.165, 1.54) is 11.1 Å². The third-order valence-electron chi connectivity index (χ3n) is 4.73. The Labute approximate surface area is 152 Å². The molecule has 0 radical (unpaired) electrons. The molecular weight excluding hydrogens is 324 g/mol. The van der Waals surface area contributed by atoms with Crippen LogP contribution in [0.3, 0.4) is 0 Å². The molecule has 0 aliphatic carbocycles. The molecule has 1 aliphatic rings. The molecule has 24 heavy (non-hydrogen) atoms. The third-order valence-corrected chi connectivity index (χ3v) is 4.73. The van der Waals surface area contributed by atoms with Gasteiger partial charge in [-0.15, -0.1) is 12.4 Å². The number of carbonyl (C=O) groups is 1. The molecule has 1 aromatic carbocycles. The first-order valence-electron chi connectivity index (χ1n) is 8.69. The van der Waals surface area contributed by atoms with Gasteiger partial charge in [-0.3, -0.25) is 4.79 Å². The zero-order valence-corrected chi connectivity index (χ0v) is 15.8. The second-order valence-corrected chi connectivity index (χ2v) is 6.80. The van der Waals surface area contributed by atoms with Gasteiger partial charge < -0.3 is 15.4 Å². The summed E-state index contributed by atoms with van der Waals surface area (Å²) < 4.78 is 5.72. The molecule has 3 unspecified atom stereocenters. The van der Waals surface area contributed by atoms with Crippen LogP contribution in [-0.2, 0) is 16.0 Å². The lowest BCUT2D eigenvalue weighted by Crippen LogP contribution is -2.45. The highest BCUT2D eigenvalue weighted by Crippen LogP contribution is 2.16. The van der Waals surface area contributed by atoms with E-state index in [1.54, 1.807) is 0 Å². The molecule has 1 fully saturated rings. The summed E-state index contributed by atoms with van der Waals surface area (Å²) in [5.41, 5.74) is 8.44. The largest absolute Gasteiger partial charge is 0.376 e. The Kier molecular flexibility index (Phi) is 8.74. The molecule has 0 saturated carbocycles. The summed E-state index contributed by atoms with van der Waals surface area (Å²) in [7, 11) is 0. The van der Waals surface area contributed by atoms with Crippen molar-refractivity contribution in [3.8, 4) is 0 Å². The van der Waals surface area contributed by atoms with E-state index in [-0.39, 0.29) is 36.4 Å². The van der Waals surface area contributed by atoms with Gasteiger partial charge in [-0.1, -0.05) is 36.8 Å². The molecule has 0 bridgehead atoms. The lowest BCUT2D eigenvalue weighted by molar-refractivity contribution is -0.137. The monoisotopic (exact) mass is 354 g/mol. The van der Waals surface area contributed by atoms with Crippen molar-refractivity contribution in [3.63, 3.8) is 0 Å². The molecule has 1 saturated heterocycles. The summed E-state index contributed by atoms with van der Waals surface area (Å²) in [6.45, 7) is 8.11. The molecule has 1 amide bonds. The van der Waals surface area contributed by atoms with Crippen molar-refractivity contribution in [2.75, 3.05) is 19.7 Å². The summed E-state index contributed by atoms with van der Waals surface area (Å²) in [5.74, 6) is -0.0166. The Morgan fingerprint density at radius 3 is 2.54 bits per heavy atom. The normalized spacial score (nSPS) is 19.4. The quantitative estimate of drug-likeness (QED) is 0.819. The molecular formula is C19H31ClN2O2. The molecule has 0 spiro atoms. The number of hydrogen-bond donors (Lipinski definition) is 1. The minimum atomic E-state index is -0.158. The maximum atomic E-state index is 12.7. The molecule has 0 aromatic heterocycles. The second kappa shape index (κ2) is 10.0. The van der Waals surface area contributed by atoms with Crippen LogP contribution >= 0.6 is 12.4 Å². The van der Waals surface area contributed by atoms with Crippen molar-refractivity contribution >= 4 is 18.3 Å². The van der Waals surface area contributed by atoms with Crippen LogP contribution in [0, 0.1) is 12.8 Å². The Bertz CT molecular complexity index is 499. The number of aryl methyl sites for hydroxylation is 1. The smallest absolute Gasteiger partial charge is 0.227 e. The van der Waals surface area contributed by atoms with Crippen LogP contribution in [0.1, 0.15) is 37.8 Å². The van der Waals surface area contributed by atoms with E-state index in [0.717, 1.165) is 32.4 Å². The van der Waals surface area contributed by atoms with Gasteiger partial charge in [0.25, 0.3) is 0 Å². The SMILES string of the molecule is Cc1ccc(CCN(CC2CCCO2)C(=O)C(C)C(C)N)cc1.Cl. The fraction of sp³-hybridized carbons (Fsp3) is 0.632. The molecule has 4 nitrogen and oxygen atoms in total. The van der Waals surface area contributed by atoms with Gasteiger partial charge in [0.15, 0.2) is 0 Å². The maximum absolute atomic E-state index is 12.7. The first-order valence-corrected chi connectivity index (χ1v) is 8.69. The van der Waals surface area contributed by atoms with Gasteiger partial charge in [-0.05, 0) is 38.7 Å². The number of carbonyl (C=O) groups excluding carboxylic acids is 1. The Morgan fingerprint density at radius 2 is 2.00 bits per heavy atom. The Morgan fingerprint density at radius 1 is 1.33 bits per heavy atom. The fourth-order valence-corrected chi connectivity index (χ4v) is 2.86. The number of nitrogens with zero attached hydrogens (tertiary/aromatic N) is 1. The molecule has 2 rings (SSSR count).